The van der Waals surface area contributed by atoms with Crippen LogP contribution in [0, 0.1) is 19.7 Å². The molecule has 0 aliphatic rings. The van der Waals surface area contributed by atoms with Gasteiger partial charge < -0.3 is 5.32 Å². The molecule has 2 rings (SSSR count). The van der Waals surface area contributed by atoms with Crippen molar-refractivity contribution in [1.82, 2.24) is 5.32 Å². The molecular formula is C14H13BrFNOS. The average Bonchev–Trinajstić information content (AvgIpc) is 2.69. The van der Waals surface area contributed by atoms with Gasteiger partial charge in [0.1, 0.15) is 5.82 Å². The average molecular weight is 342 g/mol. The van der Waals surface area contributed by atoms with Gasteiger partial charge in [-0.2, -0.15) is 0 Å². The van der Waals surface area contributed by atoms with E-state index in [4.69, 9.17) is 0 Å². The van der Waals surface area contributed by atoms with Gasteiger partial charge in [-0.3, -0.25) is 4.79 Å². The van der Waals surface area contributed by atoms with E-state index in [1.54, 1.807) is 11.3 Å². The molecule has 1 N–H and O–H groups in total. The van der Waals surface area contributed by atoms with Crippen LogP contribution in [0.2, 0.25) is 0 Å². The SMILES string of the molecule is Cc1cc(CNC(=O)c2cc(F)ccc2Br)sc1C. The number of thiophene rings is 1. The highest BCUT2D eigenvalue weighted by atomic mass is 79.9. The molecule has 19 heavy (non-hydrogen) atoms. The number of benzene rings is 1. The Morgan fingerprint density at radius 3 is 2.74 bits per heavy atom. The molecule has 0 fully saturated rings. The molecular weight excluding hydrogens is 329 g/mol. The maximum atomic E-state index is 13.1. The van der Waals surface area contributed by atoms with Crippen molar-refractivity contribution in [3.05, 3.63) is 55.4 Å². The summed E-state index contributed by atoms with van der Waals surface area (Å²) in [5, 5.41) is 2.80. The van der Waals surface area contributed by atoms with Crippen LogP contribution in [-0.2, 0) is 6.54 Å². The molecule has 0 aliphatic heterocycles. The van der Waals surface area contributed by atoms with Crippen molar-refractivity contribution < 1.29 is 9.18 Å². The van der Waals surface area contributed by atoms with Crippen LogP contribution in [0.3, 0.4) is 0 Å². The molecule has 2 aromatic rings. The third-order valence-electron chi connectivity index (χ3n) is 2.81. The van der Waals surface area contributed by atoms with Crippen molar-refractivity contribution in [1.29, 1.82) is 0 Å². The number of hydrogen-bond acceptors (Lipinski definition) is 2. The molecule has 0 bridgehead atoms. The second-order valence-electron chi connectivity index (χ2n) is 4.26. The summed E-state index contributed by atoms with van der Waals surface area (Å²) in [4.78, 5) is 14.3. The summed E-state index contributed by atoms with van der Waals surface area (Å²) in [5.41, 5.74) is 1.53. The smallest absolute Gasteiger partial charge is 0.252 e. The third kappa shape index (κ3) is 3.42. The van der Waals surface area contributed by atoms with Gasteiger partial charge in [-0.05, 0) is 59.6 Å². The highest BCUT2D eigenvalue weighted by Gasteiger charge is 2.11. The van der Waals surface area contributed by atoms with E-state index in [2.05, 4.69) is 34.2 Å². The molecule has 0 saturated heterocycles. The number of halogens is 2. The van der Waals surface area contributed by atoms with Crippen LogP contribution in [0.5, 0.6) is 0 Å². The molecule has 1 aromatic carbocycles. The predicted molar refractivity (Wildman–Crippen MR) is 79.1 cm³/mol. The number of rotatable bonds is 3. The van der Waals surface area contributed by atoms with Gasteiger partial charge in [0.25, 0.3) is 5.91 Å². The first-order valence-corrected chi connectivity index (χ1v) is 7.37. The van der Waals surface area contributed by atoms with E-state index in [-0.39, 0.29) is 5.91 Å². The van der Waals surface area contributed by atoms with E-state index in [0.29, 0.717) is 16.6 Å². The topological polar surface area (TPSA) is 29.1 Å². The quantitative estimate of drug-likeness (QED) is 0.890. The predicted octanol–water partition coefficient (Wildman–Crippen LogP) is 4.20. The van der Waals surface area contributed by atoms with Crippen molar-refractivity contribution in [2.24, 2.45) is 0 Å². The van der Waals surface area contributed by atoms with Crippen LogP contribution in [0.25, 0.3) is 0 Å². The van der Waals surface area contributed by atoms with E-state index in [0.717, 1.165) is 4.88 Å². The van der Waals surface area contributed by atoms with Gasteiger partial charge in [0.2, 0.25) is 0 Å². The van der Waals surface area contributed by atoms with E-state index in [9.17, 15) is 9.18 Å². The Labute approximate surface area is 123 Å². The summed E-state index contributed by atoms with van der Waals surface area (Å²) in [6.45, 7) is 4.55. The molecule has 0 saturated carbocycles. The Balaban J connectivity index is 2.07. The van der Waals surface area contributed by atoms with Crippen LogP contribution >= 0.6 is 27.3 Å². The molecule has 0 aliphatic carbocycles. The molecule has 100 valence electrons. The van der Waals surface area contributed by atoms with Gasteiger partial charge in [-0.1, -0.05) is 0 Å². The summed E-state index contributed by atoms with van der Waals surface area (Å²) in [6, 6.07) is 6.13. The Bertz CT molecular complexity index is 604. The highest BCUT2D eigenvalue weighted by Crippen LogP contribution is 2.21. The summed E-state index contributed by atoms with van der Waals surface area (Å²) in [6.07, 6.45) is 0. The van der Waals surface area contributed by atoms with Crippen molar-refractivity contribution in [2.45, 2.75) is 20.4 Å². The normalized spacial score (nSPS) is 10.5. The van der Waals surface area contributed by atoms with E-state index < -0.39 is 5.82 Å². The molecule has 0 atom stereocenters. The fourth-order valence-electron chi connectivity index (χ4n) is 1.67. The van der Waals surface area contributed by atoms with Crippen LogP contribution < -0.4 is 5.32 Å². The summed E-state index contributed by atoms with van der Waals surface area (Å²) in [5.74, 6) is -0.703. The molecule has 1 heterocycles. The standard InChI is InChI=1S/C14H13BrFNOS/c1-8-5-11(19-9(8)2)7-17-14(18)12-6-10(16)3-4-13(12)15/h3-6H,7H2,1-2H3,(H,17,18). The summed E-state index contributed by atoms with van der Waals surface area (Å²) < 4.78 is 13.7. The largest absolute Gasteiger partial charge is 0.347 e. The third-order valence-corrected chi connectivity index (χ3v) is 4.66. The first-order valence-electron chi connectivity index (χ1n) is 5.76. The second-order valence-corrected chi connectivity index (χ2v) is 6.45. The minimum atomic E-state index is -0.420. The van der Waals surface area contributed by atoms with Crippen LogP contribution in [0.1, 0.15) is 25.7 Å². The fourth-order valence-corrected chi connectivity index (χ4v) is 3.09. The summed E-state index contributed by atoms with van der Waals surface area (Å²) in [7, 11) is 0. The maximum Gasteiger partial charge on any atom is 0.252 e. The second kappa shape index (κ2) is 5.84. The molecule has 1 amide bonds. The summed E-state index contributed by atoms with van der Waals surface area (Å²) >= 11 is 4.91. The number of carbonyl (C=O) groups is 1. The lowest BCUT2D eigenvalue weighted by Crippen LogP contribution is -2.22. The van der Waals surface area contributed by atoms with E-state index >= 15 is 0 Å². The van der Waals surface area contributed by atoms with Crippen molar-refractivity contribution in [2.75, 3.05) is 0 Å². The molecule has 0 spiro atoms. The Morgan fingerprint density at radius 2 is 2.11 bits per heavy atom. The van der Waals surface area contributed by atoms with E-state index in [1.807, 2.05) is 6.92 Å². The Hall–Kier alpha value is -1.20. The van der Waals surface area contributed by atoms with Gasteiger partial charge in [0, 0.05) is 14.2 Å². The zero-order valence-electron chi connectivity index (χ0n) is 10.6. The minimum Gasteiger partial charge on any atom is -0.347 e. The monoisotopic (exact) mass is 341 g/mol. The first-order chi connectivity index (χ1) is 8.97. The molecule has 5 heteroatoms. The van der Waals surface area contributed by atoms with Gasteiger partial charge in [-0.25, -0.2) is 4.39 Å². The molecule has 0 radical (unpaired) electrons. The zero-order chi connectivity index (χ0) is 14.0. The number of carbonyl (C=O) groups excluding carboxylic acids is 1. The lowest BCUT2D eigenvalue weighted by molar-refractivity contribution is 0.0950. The number of hydrogen-bond donors (Lipinski definition) is 1. The highest BCUT2D eigenvalue weighted by molar-refractivity contribution is 9.10. The van der Waals surface area contributed by atoms with Gasteiger partial charge in [0.05, 0.1) is 12.1 Å². The van der Waals surface area contributed by atoms with Gasteiger partial charge >= 0.3 is 0 Å². The minimum absolute atomic E-state index is 0.282. The fraction of sp³-hybridized carbons (Fsp3) is 0.214. The number of nitrogens with one attached hydrogen (secondary N) is 1. The first kappa shape index (κ1) is 14.2. The van der Waals surface area contributed by atoms with Gasteiger partial charge in [0.15, 0.2) is 0 Å². The van der Waals surface area contributed by atoms with E-state index in [1.165, 1.54) is 28.6 Å². The Morgan fingerprint density at radius 1 is 1.37 bits per heavy atom. The van der Waals surface area contributed by atoms with Crippen LogP contribution in [0.4, 0.5) is 4.39 Å². The maximum absolute atomic E-state index is 13.1. The zero-order valence-corrected chi connectivity index (χ0v) is 13.0. The number of amides is 1. The molecule has 1 aromatic heterocycles. The lowest BCUT2D eigenvalue weighted by atomic mass is 10.2. The van der Waals surface area contributed by atoms with Gasteiger partial charge in [-0.15, -0.1) is 11.3 Å². The molecule has 0 unspecified atom stereocenters. The van der Waals surface area contributed by atoms with Crippen LogP contribution in [-0.4, -0.2) is 5.91 Å². The Kier molecular flexibility index (Phi) is 4.37. The van der Waals surface area contributed by atoms with Crippen LogP contribution in [0.15, 0.2) is 28.7 Å². The van der Waals surface area contributed by atoms with Crippen molar-refractivity contribution in [3.63, 3.8) is 0 Å². The molecule has 2 nitrogen and oxygen atoms in total. The lowest BCUT2D eigenvalue weighted by Gasteiger charge is -2.05. The van der Waals surface area contributed by atoms with Crippen molar-refractivity contribution in [3.8, 4) is 0 Å². The number of aryl methyl sites for hydroxylation is 2. The van der Waals surface area contributed by atoms with Crippen molar-refractivity contribution >= 4 is 33.2 Å².